The molecular formula is C26H29NO4S2. The summed E-state index contributed by atoms with van der Waals surface area (Å²) in [6.45, 7) is 0. The van der Waals surface area contributed by atoms with Crippen molar-refractivity contribution < 1.29 is 18.7 Å². The number of ether oxygens (including phenoxy) is 2. The lowest BCUT2D eigenvalue weighted by atomic mass is 9.54. The zero-order valence-corrected chi connectivity index (χ0v) is 20.6. The molecule has 174 valence electrons. The number of thiol groups is 1. The normalized spacial score (nSPS) is 33.8. The summed E-state index contributed by atoms with van der Waals surface area (Å²) in [6.07, 6.45) is 8.45. The zero-order chi connectivity index (χ0) is 22.7. The Hall–Kier alpha value is -1.99. The largest absolute Gasteiger partial charge is 0.493 e. The number of thioether (sulfide) groups is 1. The van der Waals surface area contributed by atoms with Crippen molar-refractivity contribution in [3.63, 3.8) is 0 Å². The average molecular weight is 484 g/mol. The summed E-state index contributed by atoms with van der Waals surface area (Å²) in [5, 5.41) is 0. The Morgan fingerprint density at radius 2 is 1.70 bits per heavy atom. The highest BCUT2D eigenvalue weighted by atomic mass is 32.2. The number of benzene rings is 1. The molecule has 4 saturated carbocycles. The van der Waals surface area contributed by atoms with Crippen LogP contribution in [0.4, 0.5) is 0 Å². The van der Waals surface area contributed by atoms with Gasteiger partial charge in [-0.25, -0.2) is 0 Å². The number of carbonyl (C=O) groups excluding carboxylic acids is 1. The molecule has 1 saturated heterocycles. The molecule has 1 amide bonds. The van der Waals surface area contributed by atoms with E-state index in [1.54, 1.807) is 26.0 Å². The SMILES string of the molecule is COc1ccc(-c2ccc(/C=C3\SC(S)N(C4C5CC6CC(C5)CC4C6)C3=O)o2)cc1OC. The van der Waals surface area contributed by atoms with Gasteiger partial charge >= 0.3 is 0 Å². The van der Waals surface area contributed by atoms with Crippen molar-refractivity contribution in [2.45, 2.75) is 42.9 Å². The summed E-state index contributed by atoms with van der Waals surface area (Å²) < 4.78 is 16.7. The molecule has 7 heteroatoms. The van der Waals surface area contributed by atoms with Crippen LogP contribution < -0.4 is 9.47 Å². The third-order valence-electron chi connectivity index (χ3n) is 7.98. The average Bonchev–Trinajstić information content (AvgIpc) is 3.38. The molecule has 0 spiro atoms. The molecule has 33 heavy (non-hydrogen) atoms. The van der Waals surface area contributed by atoms with E-state index in [1.807, 2.05) is 36.4 Å². The molecule has 2 aromatic rings. The van der Waals surface area contributed by atoms with E-state index in [-0.39, 0.29) is 10.6 Å². The summed E-state index contributed by atoms with van der Waals surface area (Å²) in [4.78, 5) is 16.3. The van der Waals surface area contributed by atoms with Gasteiger partial charge in [-0.05, 0) is 86.1 Å². The Labute approximate surface area is 204 Å². The summed E-state index contributed by atoms with van der Waals surface area (Å²) in [7, 11) is 3.23. The van der Waals surface area contributed by atoms with Crippen molar-refractivity contribution in [3.8, 4) is 22.8 Å². The molecule has 1 aromatic carbocycles. The van der Waals surface area contributed by atoms with Crippen LogP contribution >= 0.6 is 24.4 Å². The van der Waals surface area contributed by atoms with Gasteiger partial charge < -0.3 is 18.8 Å². The lowest BCUT2D eigenvalue weighted by molar-refractivity contribution is -0.136. The van der Waals surface area contributed by atoms with E-state index in [0.29, 0.717) is 35.1 Å². The molecule has 7 rings (SSSR count). The van der Waals surface area contributed by atoms with Gasteiger partial charge in [-0.1, -0.05) is 11.8 Å². The minimum Gasteiger partial charge on any atom is -0.493 e. The molecule has 0 N–H and O–H groups in total. The molecule has 2 heterocycles. The highest BCUT2D eigenvalue weighted by Gasteiger charge is 2.53. The molecular weight excluding hydrogens is 454 g/mol. The van der Waals surface area contributed by atoms with E-state index in [4.69, 9.17) is 26.5 Å². The summed E-state index contributed by atoms with van der Waals surface area (Å²) in [6, 6.07) is 9.87. The maximum Gasteiger partial charge on any atom is 0.262 e. The van der Waals surface area contributed by atoms with E-state index in [9.17, 15) is 4.79 Å². The molecule has 1 unspecified atom stereocenters. The van der Waals surface area contributed by atoms with Crippen LogP contribution in [-0.4, -0.2) is 35.8 Å². The van der Waals surface area contributed by atoms with E-state index < -0.39 is 0 Å². The van der Waals surface area contributed by atoms with Gasteiger partial charge in [-0.15, -0.1) is 12.6 Å². The minimum atomic E-state index is -0.119. The lowest BCUT2D eigenvalue weighted by Gasteiger charge is -2.56. The summed E-state index contributed by atoms with van der Waals surface area (Å²) in [5.41, 5.74) is 0.894. The predicted molar refractivity (Wildman–Crippen MR) is 133 cm³/mol. The number of hydrogen-bond donors (Lipinski definition) is 1. The van der Waals surface area contributed by atoms with Crippen LogP contribution in [0.25, 0.3) is 17.4 Å². The molecule has 4 bridgehead atoms. The molecule has 1 aromatic heterocycles. The Bertz CT molecular complexity index is 1080. The minimum absolute atomic E-state index is 0.113. The van der Waals surface area contributed by atoms with Crippen LogP contribution in [0, 0.1) is 23.7 Å². The van der Waals surface area contributed by atoms with Gasteiger partial charge in [0.1, 0.15) is 16.2 Å². The third kappa shape index (κ3) is 3.68. The number of carbonyl (C=O) groups is 1. The van der Waals surface area contributed by atoms with Crippen molar-refractivity contribution in [1.82, 2.24) is 4.90 Å². The number of rotatable bonds is 5. The van der Waals surface area contributed by atoms with Gasteiger partial charge in [0.25, 0.3) is 5.91 Å². The Balaban J connectivity index is 1.23. The first-order valence-electron chi connectivity index (χ1n) is 11.8. The number of nitrogens with zero attached hydrogens (tertiary/aromatic N) is 1. The molecule has 5 nitrogen and oxygen atoms in total. The van der Waals surface area contributed by atoms with Crippen molar-refractivity contribution >= 4 is 36.4 Å². The standard InChI is InChI=1S/C26H29NO4S2/c1-29-21-5-3-16(12-22(21)30-2)20-6-4-19(31-20)13-23-25(28)27(26(32)33-23)24-17-8-14-7-15(10-17)11-18(24)9-14/h3-6,12-15,17-18,24,26,32H,7-11H2,1-2H3/b23-13-. The second-order valence-electron chi connectivity index (χ2n) is 9.86. The van der Waals surface area contributed by atoms with Gasteiger partial charge in [0, 0.05) is 17.7 Å². The number of hydrogen-bond acceptors (Lipinski definition) is 6. The first-order chi connectivity index (χ1) is 16.0. The van der Waals surface area contributed by atoms with Crippen molar-refractivity contribution in [1.29, 1.82) is 0 Å². The Morgan fingerprint density at radius 3 is 2.36 bits per heavy atom. The maximum atomic E-state index is 13.5. The fourth-order valence-corrected chi connectivity index (χ4v) is 8.45. The van der Waals surface area contributed by atoms with Crippen LogP contribution in [-0.2, 0) is 4.79 Å². The molecule has 5 fully saturated rings. The van der Waals surface area contributed by atoms with Crippen LogP contribution in [0.3, 0.4) is 0 Å². The second kappa shape index (κ2) is 8.35. The maximum absolute atomic E-state index is 13.5. The van der Waals surface area contributed by atoms with Crippen molar-refractivity contribution in [2.24, 2.45) is 23.7 Å². The fourth-order valence-electron chi connectivity index (χ4n) is 6.88. The third-order valence-corrected chi connectivity index (χ3v) is 9.53. The van der Waals surface area contributed by atoms with E-state index in [0.717, 1.165) is 28.1 Å². The number of amides is 1. The van der Waals surface area contributed by atoms with Crippen molar-refractivity contribution in [3.05, 3.63) is 41.0 Å². The van der Waals surface area contributed by atoms with Gasteiger partial charge in [-0.2, -0.15) is 0 Å². The molecule has 1 atom stereocenters. The zero-order valence-electron chi connectivity index (χ0n) is 18.9. The predicted octanol–water partition coefficient (Wildman–Crippen LogP) is 5.92. The second-order valence-corrected chi connectivity index (χ2v) is 11.8. The molecule has 1 aliphatic heterocycles. The number of methoxy groups -OCH3 is 2. The smallest absolute Gasteiger partial charge is 0.262 e. The van der Waals surface area contributed by atoms with Gasteiger partial charge in [0.15, 0.2) is 11.5 Å². The van der Waals surface area contributed by atoms with Crippen LogP contribution in [0.15, 0.2) is 39.7 Å². The first-order valence-corrected chi connectivity index (χ1v) is 13.1. The highest BCUT2D eigenvalue weighted by Crippen LogP contribution is 2.57. The monoisotopic (exact) mass is 483 g/mol. The van der Waals surface area contributed by atoms with E-state index in [1.165, 1.54) is 32.1 Å². The van der Waals surface area contributed by atoms with E-state index >= 15 is 0 Å². The van der Waals surface area contributed by atoms with Crippen LogP contribution in [0.1, 0.15) is 37.9 Å². The van der Waals surface area contributed by atoms with Gasteiger partial charge in [0.05, 0.1) is 19.1 Å². The van der Waals surface area contributed by atoms with E-state index in [2.05, 4.69) is 4.90 Å². The van der Waals surface area contributed by atoms with Gasteiger partial charge in [0.2, 0.25) is 0 Å². The quantitative estimate of drug-likeness (QED) is 0.423. The first kappa shape index (κ1) is 21.5. The molecule has 0 radical (unpaired) electrons. The Kier molecular flexibility index (Phi) is 5.45. The topological polar surface area (TPSA) is 51.9 Å². The summed E-state index contributed by atoms with van der Waals surface area (Å²) in [5.74, 6) is 5.91. The number of furan rings is 1. The Morgan fingerprint density at radius 1 is 1.00 bits per heavy atom. The fraction of sp³-hybridized carbons (Fsp3) is 0.500. The molecule has 5 aliphatic rings. The van der Waals surface area contributed by atoms with Crippen LogP contribution in [0.5, 0.6) is 11.5 Å². The van der Waals surface area contributed by atoms with Crippen LogP contribution in [0.2, 0.25) is 0 Å². The highest BCUT2D eigenvalue weighted by molar-refractivity contribution is 8.14. The lowest BCUT2D eigenvalue weighted by Crippen LogP contribution is -2.57. The molecule has 4 aliphatic carbocycles. The van der Waals surface area contributed by atoms with Gasteiger partial charge in [-0.3, -0.25) is 4.79 Å². The van der Waals surface area contributed by atoms with Crippen molar-refractivity contribution in [2.75, 3.05) is 14.2 Å². The summed E-state index contributed by atoms with van der Waals surface area (Å²) >= 11 is 6.38.